The molecule has 0 aliphatic carbocycles. The topological polar surface area (TPSA) is 61.8 Å². The fourth-order valence-electron chi connectivity index (χ4n) is 3.03. The van der Waals surface area contributed by atoms with Gasteiger partial charge in [-0.15, -0.1) is 0 Å². The van der Waals surface area contributed by atoms with E-state index in [1.807, 2.05) is 42.6 Å². The molecule has 1 unspecified atom stereocenters. The lowest BCUT2D eigenvalue weighted by atomic mass is 9.86. The molecule has 4 rings (SSSR count). The number of hydrogen-bond donors (Lipinski definition) is 2. The van der Waals surface area contributed by atoms with Crippen molar-refractivity contribution in [3.8, 4) is 5.75 Å². The molecule has 0 saturated heterocycles. The Morgan fingerprint density at radius 2 is 1.87 bits per heavy atom. The van der Waals surface area contributed by atoms with Crippen LogP contribution in [0, 0.1) is 0 Å². The summed E-state index contributed by atoms with van der Waals surface area (Å²) in [5.74, 6) is 0.171. The number of H-pyrrole nitrogens is 1. The zero-order chi connectivity index (χ0) is 15.6. The zero-order valence-electron chi connectivity index (χ0n) is 12.3. The van der Waals surface area contributed by atoms with E-state index >= 15 is 0 Å². The molecule has 0 aliphatic heterocycles. The Balaban J connectivity index is 2.01. The van der Waals surface area contributed by atoms with Crippen LogP contribution in [0.15, 0.2) is 73.3 Å². The number of imidazole rings is 1. The summed E-state index contributed by atoms with van der Waals surface area (Å²) in [7, 11) is 0. The van der Waals surface area contributed by atoms with E-state index in [0.717, 1.165) is 27.7 Å². The highest BCUT2D eigenvalue weighted by Crippen LogP contribution is 2.36. The Hall–Kier alpha value is -3.14. The van der Waals surface area contributed by atoms with Crippen LogP contribution in [0.3, 0.4) is 0 Å². The van der Waals surface area contributed by atoms with Gasteiger partial charge in [-0.2, -0.15) is 0 Å². The Morgan fingerprint density at radius 1 is 1.00 bits per heavy atom. The molecule has 2 aromatic heterocycles. The Labute approximate surface area is 133 Å². The van der Waals surface area contributed by atoms with E-state index in [1.165, 1.54) is 0 Å². The second-order valence-electron chi connectivity index (χ2n) is 5.46. The first-order chi connectivity index (χ1) is 11.3. The number of hydrogen-bond acceptors (Lipinski definition) is 3. The Kier molecular flexibility index (Phi) is 3.27. The maximum absolute atomic E-state index is 10.1. The summed E-state index contributed by atoms with van der Waals surface area (Å²) >= 11 is 0. The zero-order valence-corrected chi connectivity index (χ0v) is 12.3. The maximum atomic E-state index is 10.1. The van der Waals surface area contributed by atoms with Crippen molar-refractivity contribution in [1.82, 2.24) is 15.0 Å². The van der Waals surface area contributed by atoms with Gasteiger partial charge in [-0.1, -0.05) is 36.4 Å². The summed E-state index contributed by atoms with van der Waals surface area (Å²) in [6.07, 6.45) is 5.23. The van der Waals surface area contributed by atoms with Crippen molar-refractivity contribution in [1.29, 1.82) is 0 Å². The molecule has 23 heavy (non-hydrogen) atoms. The molecule has 2 aromatic carbocycles. The third-order valence-electron chi connectivity index (χ3n) is 4.01. The van der Waals surface area contributed by atoms with E-state index < -0.39 is 0 Å². The largest absolute Gasteiger partial charge is 0.508 e. The van der Waals surface area contributed by atoms with Crippen LogP contribution < -0.4 is 0 Å². The standard InChI is InChI=1S/C19H15N3O/c23-14-9-16(15-7-4-8-21-17(15)10-14)19(18-11-20-12-22-18)13-5-2-1-3-6-13/h1-12,19,23H,(H,20,22). The van der Waals surface area contributed by atoms with Gasteiger partial charge in [0.25, 0.3) is 0 Å². The molecule has 4 aromatic rings. The van der Waals surface area contributed by atoms with Gasteiger partial charge in [0, 0.05) is 29.5 Å². The third-order valence-corrected chi connectivity index (χ3v) is 4.01. The predicted molar refractivity (Wildman–Crippen MR) is 89.4 cm³/mol. The molecule has 0 aliphatic rings. The van der Waals surface area contributed by atoms with E-state index in [1.54, 1.807) is 18.6 Å². The van der Waals surface area contributed by atoms with Crippen LogP contribution in [0.2, 0.25) is 0 Å². The van der Waals surface area contributed by atoms with Gasteiger partial charge >= 0.3 is 0 Å². The van der Waals surface area contributed by atoms with Crippen LogP contribution in [0.25, 0.3) is 10.9 Å². The first-order valence-corrected chi connectivity index (χ1v) is 7.44. The van der Waals surface area contributed by atoms with Gasteiger partial charge in [-0.3, -0.25) is 4.98 Å². The smallest absolute Gasteiger partial charge is 0.118 e. The number of nitrogens with one attached hydrogen (secondary N) is 1. The number of benzene rings is 2. The number of pyridine rings is 1. The van der Waals surface area contributed by atoms with Crippen LogP contribution in [-0.2, 0) is 0 Å². The van der Waals surface area contributed by atoms with Crippen molar-refractivity contribution >= 4 is 10.9 Å². The van der Waals surface area contributed by atoms with E-state index in [9.17, 15) is 5.11 Å². The first-order valence-electron chi connectivity index (χ1n) is 7.44. The number of phenols is 1. The van der Waals surface area contributed by atoms with Gasteiger partial charge in [-0.25, -0.2) is 4.98 Å². The van der Waals surface area contributed by atoms with Gasteiger partial charge in [-0.05, 0) is 23.3 Å². The summed E-state index contributed by atoms with van der Waals surface area (Å²) in [5, 5.41) is 11.2. The Bertz CT molecular complexity index is 933. The summed E-state index contributed by atoms with van der Waals surface area (Å²) in [6, 6.07) is 17.6. The quantitative estimate of drug-likeness (QED) is 0.604. The fourth-order valence-corrected chi connectivity index (χ4v) is 3.03. The SMILES string of the molecule is Oc1cc(C(c2ccccc2)c2cnc[nH]2)c2cccnc2c1. The second-order valence-corrected chi connectivity index (χ2v) is 5.46. The van der Waals surface area contributed by atoms with Gasteiger partial charge in [0.05, 0.1) is 17.8 Å². The molecule has 2 N–H and O–H groups in total. The van der Waals surface area contributed by atoms with Crippen LogP contribution in [0.1, 0.15) is 22.7 Å². The minimum Gasteiger partial charge on any atom is -0.508 e. The number of rotatable bonds is 3. The average molecular weight is 301 g/mol. The van der Waals surface area contributed by atoms with Crippen LogP contribution in [-0.4, -0.2) is 20.1 Å². The van der Waals surface area contributed by atoms with Gasteiger partial charge < -0.3 is 10.1 Å². The lowest BCUT2D eigenvalue weighted by Gasteiger charge is -2.19. The number of fused-ring (bicyclic) bond motifs is 1. The first kappa shape index (κ1) is 13.5. The number of nitrogens with zero attached hydrogens (tertiary/aromatic N) is 2. The number of aromatic nitrogens is 3. The molecule has 0 radical (unpaired) electrons. The number of aromatic hydroxyl groups is 1. The molecule has 0 fully saturated rings. The monoisotopic (exact) mass is 301 g/mol. The van der Waals surface area contributed by atoms with Crippen LogP contribution in [0.5, 0.6) is 5.75 Å². The van der Waals surface area contributed by atoms with Crippen LogP contribution >= 0.6 is 0 Å². The average Bonchev–Trinajstić information content (AvgIpc) is 3.10. The highest BCUT2D eigenvalue weighted by atomic mass is 16.3. The third kappa shape index (κ3) is 2.44. The van der Waals surface area contributed by atoms with Crippen LogP contribution in [0.4, 0.5) is 0 Å². The molecule has 0 saturated carbocycles. The maximum Gasteiger partial charge on any atom is 0.118 e. The molecule has 2 heterocycles. The molecule has 0 bridgehead atoms. The lowest BCUT2D eigenvalue weighted by molar-refractivity contribution is 0.475. The highest BCUT2D eigenvalue weighted by Gasteiger charge is 2.21. The van der Waals surface area contributed by atoms with E-state index in [4.69, 9.17) is 0 Å². The molecular weight excluding hydrogens is 286 g/mol. The molecule has 4 heteroatoms. The fraction of sp³-hybridized carbons (Fsp3) is 0.0526. The summed E-state index contributed by atoms with van der Waals surface area (Å²) < 4.78 is 0. The predicted octanol–water partition coefficient (Wildman–Crippen LogP) is 3.84. The van der Waals surface area contributed by atoms with E-state index in [-0.39, 0.29) is 11.7 Å². The minimum absolute atomic E-state index is 0.0440. The van der Waals surface area contributed by atoms with Crippen molar-refractivity contribution in [3.05, 3.63) is 90.1 Å². The van der Waals surface area contributed by atoms with E-state index in [0.29, 0.717) is 0 Å². The van der Waals surface area contributed by atoms with Crippen molar-refractivity contribution in [2.24, 2.45) is 0 Å². The van der Waals surface area contributed by atoms with Gasteiger partial charge in [0.15, 0.2) is 0 Å². The van der Waals surface area contributed by atoms with Crippen molar-refractivity contribution in [2.45, 2.75) is 5.92 Å². The normalized spacial score (nSPS) is 12.3. The van der Waals surface area contributed by atoms with Gasteiger partial charge in [0.1, 0.15) is 5.75 Å². The second kappa shape index (κ2) is 5.57. The highest BCUT2D eigenvalue weighted by molar-refractivity contribution is 5.85. The number of aromatic amines is 1. The van der Waals surface area contributed by atoms with Crippen molar-refractivity contribution in [3.63, 3.8) is 0 Å². The molecule has 112 valence electrons. The Morgan fingerprint density at radius 3 is 2.65 bits per heavy atom. The summed E-state index contributed by atoms with van der Waals surface area (Å²) in [4.78, 5) is 11.7. The van der Waals surface area contributed by atoms with Crippen molar-refractivity contribution in [2.75, 3.05) is 0 Å². The molecular formula is C19H15N3O. The lowest BCUT2D eigenvalue weighted by Crippen LogP contribution is -2.05. The van der Waals surface area contributed by atoms with Gasteiger partial charge in [0.2, 0.25) is 0 Å². The summed E-state index contributed by atoms with van der Waals surface area (Å²) in [6.45, 7) is 0. The molecule has 0 spiro atoms. The van der Waals surface area contributed by atoms with E-state index in [2.05, 4.69) is 27.1 Å². The van der Waals surface area contributed by atoms with Crippen molar-refractivity contribution < 1.29 is 5.11 Å². The molecule has 1 atom stereocenters. The summed E-state index contributed by atoms with van der Waals surface area (Å²) in [5.41, 5.74) is 3.89. The molecule has 0 amide bonds. The minimum atomic E-state index is -0.0440. The molecule has 4 nitrogen and oxygen atoms in total. The number of phenolic OH excluding ortho intramolecular Hbond substituents is 1.